The lowest BCUT2D eigenvalue weighted by atomic mass is 9.66. The van der Waals surface area contributed by atoms with Crippen molar-refractivity contribution in [2.45, 2.75) is 65.9 Å². The van der Waals surface area contributed by atoms with E-state index in [2.05, 4.69) is 9.97 Å². The largest absolute Gasteiger partial charge is 0.500 e. The molecule has 192 valence electrons. The van der Waals surface area contributed by atoms with Gasteiger partial charge in [-0.3, -0.25) is 4.79 Å². The molecule has 0 N–H and O–H groups in total. The lowest BCUT2D eigenvalue weighted by Crippen LogP contribution is -2.47. The molecule has 1 saturated heterocycles. The Morgan fingerprint density at radius 1 is 1.06 bits per heavy atom. The lowest BCUT2D eigenvalue weighted by Gasteiger charge is -2.44. The van der Waals surface area contributed by atoms with Crippen molar-refractivity contribution in [3.8, 4) is 11.4 Å². The number of benzene rings is 1. The van der Waals surface area contributed by atoms with Gasteiger partial charge in [-0.2, -0.15) is 0 Å². The van der Waals surface area contributed by atoms with Gasteiger partial charge in [-0.05, 0) is 81.7 Å². The van der Waals surface area contributed by atoms with Crippen molar-refractivity contribution in [2.24, 2.45) is 5.41 Å². The normalized spacial score (nSPS) is 18.0. The molecule has 36 heavy (non-hydrogen) atoms. The highest BCUT2D eigenvalue weighted by atomic mass is 19.1. The van der Waals surface area contributed by atoms with Crippen LogP contribution >= 0.6 is 0 Å². The van der Waals surface area contributed by atoms with Crippen LogP contribution in [0.25, 0.3) is 17.0 Å². The number of hydrogen-bond donors (Lipinski definition) is 0. The van der Waals surface area contributed by atoms with Gasteiger partial charge < -0.3 is 14.4 Å². The maximum Gasteiger partial charge on any atom is 0.410 e. The second-order valence-electron chi connectivity index (χ2n) is 11.0. The first-order valence-electron chi connectivity index (χ1n) is 12.3. The molecule has 1 aromatic carbocycles. The number of halogens is 1. The van der Waals surface area contributed by atoms with E-state index in [1.54, 1.807) is 12.0 Å². The third-order valence-corrected chi connectivity index (χ3v) is 7.01. The van der Waals surface area contributed by atoms with Crippen LogP contribution in [0.3, 0.4) is 0 Å². The fourth-order valence-electron chi connectivity index (χ4n) is 5.32. The Hall–Kier alpha value is -3.29. The topological polar surface area (TPSA) is 81.6 Å². The van der Waals surface area contributed by atoms with E-state index in [1.165, 1.54) is 0 Å². The number of nitrogens with zero attached hydrogens (tertiary/aromatic N) is 3. The second kappa shape index (κ2) is 9.64. The Morgan fingerprint density at radius 2 is 1.64 bits per heavy atom. The summed E-state index contributed by atoms with van der Waals surface area (Å²) in [6.07, 6.45) is 4.48. The molecule has 1 spiro atoms. The summed E-state index contributed by atoms with van der Waals surface area (Å²) in [6.45, 7) is 10.6. The van der Waals surface area contributed by atoms with E-state index in [-0.39, 0.29) is 17.3 Å². The summed E-state index contributed by atoms with van der Waals surface area (Å²) in [5.74, 6) is 0.688. The minimum atomic E-state index is -0.540. The fraction of sp³-hybridized carbons (Fsp3) is 0.500. The maximum absolute atomic E-state index is 13.6. The number of aryl methyl sites for hydroxylation is 2. The smallest absolute Gasteiger partial charge is 0.410 e. The van der Waals surface area contributed by atoms with E-state index < -0.39 is 11.4 Å². The maximum atomic E-state index is 13.6. The van der Waals surface area contributed by atoms with Crippen molar-refractivity contribution in [1.29, 1.82) is 0 Å². The van der Waals surface area contributed by atoms with E-state index in [1.807, 2.05) is 46.8 Å². The van der Waals surface area contributed by atoms with Gasteiger partial charge in [-0.1, -0.05) is 0 Å². The number of ether oxygens (including phenoxy) is 2. The quantitative estimate of drug-likeness (QED) is 0.548. The van der Waals surface area contributed by atoms with Gasteiger partial charge in [0.15, 0.2) is 17.4 Å². The number of ketones is 1. The van der Waals surface area contributed by atoms with Crippen molar-refractivity contribution in [3.63, 3.8) is 0 Å². The van der Waals surface area contributed by atoms with Gasteiger partial charge in [-0.25, -0.2) is 19.2 Å². The Bertz CT molecular complexity index is 1180. The standard InChI is InChI=1S/C28H34FN3O4/c1-17-11-19(25-30-15-20(29)16-31-25)12-18(2)23(17)24-21(33)13-28(14-22(24)35-6)7-9-32(10-8-28)26(34)36-27(3,4)5/h11-12,15-16H,7-10,13-14H2,1-6H3. The Balaban J connectivity index is 1.59. The minimum absolute atomic E-state index is 0.0563. The van der Waals surface area contributed by atoms with Crippen molar-refractivity contribution in [2.75, 3.05) is 20.2 Å². The number of carbonyl (C=O) groups is 2. The summed E-state index contributed by atoms with van der Waals surface area (Å²) in [7, 11) is 1.61. The molecule has 1 aromatic heterocycles. The second-order valence-corrected chi connectivity index (χ2v) is 11.0. The molecule has 1 amide bonds. The predicted molar refractivity (Wildman–Crippen MR) is 135 cm³/mol. The summed E-state index contributed by atoms with van der Waals surface area (Å²) < 4.78 is 24.6. The Labute approximate surface area is 211 Å². The average molecular weight is 496 g/mol. The molecule has 0 saturated carbocycles. The van der Waals surface area contributed by atoms with E-state index >= 15 is 0 Å². The molecule has 0 atom stereocenters. The van der Waals surface area contributed by atoms with Crippen LogP contribution in [0.15, 0.2) is 30.3 Å². The van der Waals surface area contributed by atoms with Crippen LogP contribution in [0.1, 0.15) is 63.1 Å². The first kappa shape index (κ1) is 25.8. The summed E-state index contributed by atoms with van der Waals surface area (Å²) in [6, 6.07) is 3.85. The summed E-state index contributed by atoms with van der Waals surface area (Å²) >= 11 is 0. The van der Waals surface area contributed by atoms with Gasteiger partial charge >= 0.3 is 6.09 Å². The van der Waals surface area contributed by atoms with Gasteiger partial charge in [0.05, 0.1) is 25.1 Å². The molecule has 1 aliphatic heterocycles. The highest BCUT2D eigenvalue weighted by Gasteiger charge is 2.44. The number of piperidine rings is 1. The van der Waals surface area contributed by atoms with E-state index in [9.17, 15) is 14.0 Å². The molecule has 2 aliphatic rings. The fourth-order valence-corrected chi connectivity index (χ4v) is 5.32. The summed E-state index contributed by atoms with van der Waals surface area (Å²) in [5, 5.41) is 0. The molecule has 4 rings (SSSR count). The molecule has 2 heterocycles. The molecule has 7 nitrogen and oxygen atoms in total. The van der Waals surface area contributed by atoms with Gasteiger partial charge in [0.1, 0.15) is 11.4 Å². The predicted octanol–water partition coefficient (Wildman–Crippen LogP) is 5.64. The molecule has 1 fully saturated rings. The first-order chi connectivity index (χ1) is 16.9. The minimum Gasteiger partial charge on any atom is -0.500 e. The molecule has 0 unspecified atom stereocenters. The van der Waals surface area contributed by atoms with Crippen LogP contribution in [0.4, 0.5) is 9.18 Å². The van der Waals surface area contributed by atoms with Crippen LogP contribution in [-0.4, -0.2) is 52.5 Å². The number of hydrogen-bond acceptors (Lipinski definition) is 6. The van der Waals surface area contributed by atoms with Gasteiger partial charge in [-0.15, -0.1) is 0 Å². The van der Waals surface area contributed by atoms with E-state index in [0.29, 0.717) is 43.1 Å². The highest BCUT2D eigenvalue weighted by Crippen LogP contribution is 2.48. The van der Waals surface area contributed by atoms with Crippen LogP contribution in [0.2, 0.25) is 0 Å². The summed E-state index contributed by atoms with van der Waals surface area (Å²) in [5.41, 5.74) is 3.31. The van der Waals surface area contributed by atoms with Gasteiger partial charge in [0, 0.05) is 31.5 Å². The zero-order valence-electron chi connectivity index (χ0n) is 21.9. The molecule has 0 radical (unpaired) electrons. The van der Waals surface area contributed by atoms with E-state index in [0.717, 1.165) is 47.5 Å². The SMILES string of the molecule is COC1=C(c2c(C)cc(-c3ncc(F)cn3)cc2C)C(=O)CC2(CCN(C(=O)OC(C)(C)C)CC2)C1. The number of amides is 1. The monoisotopic (exact) mass is 495 g/mol. The van der Waals surface area contributed by atoms with Crippen molar-refractivity contribution >= 4 is 17.4 Å². The molecule has 2 aromatic rings. The van der Waals surface area contributed by atoms with Crippen molar-refractivity contribution in [1.82, 2.24) is 14.9 Å². The first-order valence-corrected chi connectivity index (χ1v) is 12.3. The number of Topliss-reactive ketones (excluding diaryl/α,β-unsaturated/α-hetero) is 1. The zero-order chi connectivity index (χ0) is 26.3. The Morgan fingerprint density at radius 3 is 2.17 bits per heavy atom. The van der Waals surface area contributed by atoms with Crippen LogP contribution in [0.5, 0.6) is 0 Å². The number of likely N-dealkylation sites (tertiary alicyclic amines) is 1. The molecular formula is C28H34FN3O4. The third kappa shape index (κ3) is 5.27. The highest BCUT2D eigenvalue weighted by molar-refractivity contribution is 6.23. The van der Waals surface area contributed by atoms with E-state index in [4.69, 9.17) is 9.47 Å². The molecule has 1 aliphatic carbocycles. The number of allylic oxidation sites excluding steroid dienone is 2. The molecule has 0 bridgehead atoms. The lowest BCUT2D eigenvalue weighted by molar-refractivity contribution is -0.117. The van der Waals surface area contributed by atoms with Crippen molar-refractivity contribution in [3.05, 3.63) is 52.8 Å². The Kier molecular flexibility index (Phi) is 6.90. The van der Waals surface area contributed by atoms with Crippen LogP contribution in [0, 0.1) is 25.1 Å². The van der Waals surface area contributed by atoms with Gasteiger partial charge in [0.25, 0.3) is 0 Å². The third-order valence-electron chi connectivity index (χ3n) is 7.01. The number of aromatic nitrogens is 2. The van der Waals surface area contributed by atoms with Crippen LogP contribution in [-0.2, 0) is 14.3 Å². The van der Waals surface area contributed by atoms with Crippen LogP contribution < -0.4 is 0 Å². The molecule has 8 heteroatoms. The average Bonchev–Trinajstić information content (AvgIpc) is 2.79. The zero-order valence-corrected chi connectivity index (χ0v) is 21.9. The number of carbonyl (C=O) groups excluding carboxylic acids is 2. The summed E-state index contributed by atoms with van der Waals surface area (Å²) in [4.78, 5) is 36.0. The van der Waals surface area contributed by atoms with Gasteiger partial charge in [0.2, 0.25) is 0 Å². The van der Waals surface area contributed by atoms with Crippen molar-refractivity contribution < 1.29 is 23.5 Å². The number of methoxy groups -OCH3 is 1. The molecular weight excluding hydrogens is 461 g/mol. The number of rotatable bonds is 3.